The summed E-state index contributed by atoms with van der Waals surface area (Å²) in [5, 5.41) is 10.0. The SMILES string of the molecule is CC1CCC(C(O)c2cncn2C)O1. The maximum atomic E-state index is 10.0. The Balaban J connectivity index is 2.09. The third-order valence-electron chi connectivity index (χ3n) is 2.77. The van der Waals surface area contributed by atoms with Crippen LogP contribution in [0.25, 0.3) is 0 Å². The van der Waals surface area contributed by atoms with Gasteiger partial charge in [0.05, 0.1) is 30.4 Å². The molecule has 1 aromatic heterocycles. The smallest absolute Gasteiger partial charge is 0.122 e. The van der Waals surface area contributed by atoms with Crippen LogP contribution in [0.5, 0.6) is 0 Å². The predicted octanol–water partition coefficient (Wildman–Crippen LogP) is 1.02. The highest BCUT2D eigenvalue weighted by Crippen LogP contribution is 2.29. The van der Waals surface area contributed by atoms with Gasteiger partial charge in [-0.2, -0.15) is 0 Å². The van der Waals surface area contributed by atoms with Crippen LogP contribution in [-0.4, -0.2) is 26.9 Å². The molecule has 4 nitrogen and oxygen atoms in total. The largest absolute Gasteiger partial charge is 0.384 e. The molecule has 1 saturated heterocycles. The predicted molar refractivity (Wildman–Crippen MR) is 51.7 cm³/mol. The minimum absolute atomic E-state index is 0.0691. The average molecular weight is 196 g/mol. The number of ether oxygens (including phenoxy) is 1. The fourth-order valence-electron chi connectivity index (χ4n) is 1.91. The summed E-state index contributed by atoms with van der Waals surface area (Å²) in [6, 6.07) is 0. The highest BCUT2D eigenvalue weighted by atomic mass is 16.5. The van der Waals surface area contributed by atoms with E-state index in [1.54, 1.807) is 12.5 Å². The Labute approximate surface area is 83.5 Å². The Kier molecular flexibility index (Phi) is 2.56. The maximum absolute atomic E-state index is 10.0. The van der Waals surface area contributed by atoms with E-state index in [0.29, 0.717) is 0 Å². The summed E-state index contributed by atoms with van der Waals surface area (Å²) in [4.78, 5) is 3.98. The number of hydrogen-bond donors (Lipinski definition) is 1. The molecule has 2 rings (SSSR count). The Morgan fingerprint density at radius 3 is 2.93 bits per heavy atom. The topological polar surface area (TPSA) is 47.3 Å². The number of aliphatic hydroxyl groups is 1. The number of aromatic nitrogens is 2. The molecule has 0 bridgehead atoms. The molecule has 4 heteroatoms. The molecule has 0 saturated carbocycles. The Bertz CT molecular complexity index is 311. The van der Waals surface area contributed by atoms with E-state index in [4.69, 9.17) is 4.74 Å². The van der Waals surface area contributed by atoms with Crippen LogP contribution in [0.1, 0.15) is 31.6 Å². The monoisotopic (exact) mass is 196 g/mol. The molecule has 1 N–H and O–H groups in total. The van der Waals surface area contributed by atoms with E-state index in [1.165, 1.54) is 0 Å². The molecular formula is C10H16N2O2. The lowest BCUT2D eigenvalue weighted by atomic mass is 10.1. The first-order valence-electron chi connectivity index (χ1n) is 4.98. The second-order valence-electron chi connectivity index (χ2n) is 3.94. The number of aryl methyl sites for hydroxylation is 1. The van der Waals surface area contributed by atoms with Gasteiger partial charge in [-0.1, -0.05) is 0 Å². The standard InChI is InChI=1S/C10H16N2O2/c1-7-3-4-9(14-7)10(13)8-5-11-6-12(8)2/h5-7,9-10,13H,3-4H2,1-2H3. The van der Waals surface area contributed by atoms with E-state index in [9.17, 15) is 5.11 Å². The van der Waals surface area contributed by atoms with Gasteiger partial charge >= 0.3 is 0 Å². The second kappa shape index (κ2) is 3.71. The van der Waals surface area contributed by atoms with Gasteiger partial charge in [0, 0.05) is 7.05 Å². The molecule has 0 radical (unpaired) electrons. The Hall–Kier alpha value is -0.870. The molecule has 1 aliphatic heterocycles. The van der Waals surface area contributed by atoms with Gasteiger partial charge in [-0.15, -0.1) is 0 Å². The zero-order valence-electron chi connectivity index (χ0n) is 8.55. The van der Waals surface area contributed by atoms with Crippen molar-refractivity contribution >= 4 is 0 Å². The third kappa shape index (κ3) is 1.67. The van der Waals surface area contributed by atoms with Gasteiger partial charge in [0.25, 0.3) is 0 Å². The second-order valence-corrected chi connectivity index (χ2v) is 3.94. The number of nitrogens with zero attached hydrogens (tertiary/aromatic N) is 2. The van der Waals surface area contributed by atoms with Crippen LogP contribution in [0.3, 0.4) is 0 Å². The van der Waals surface area contributed by atoms with E-state index < -0.39 is 6.10 Å². The number of aliphatic hydroxyl groups excluding tert-OH is 1. The molecule has 3 unspecified atom stereocenters. The molecule has 1 aliphatic rings. The molecule has 2 heterocycles. The van der Waals surface area contributed by atoms with Crippen molar-refractivity contribution in [2.24, 2.45) is 7.05 Å². The molecule has 0 amide bonds. The van der Waals surface area contributed by atoms with Crippen LogP contribution in [0.2, 0.25) is 0 Å². The molecule has 1 aromatic rings. The third-order valence-corrected chi connectivity index (χ3v) is 2.77. The van der Waals surface area contributed by atoms with Crippen molar-refractivity contribution in [3.05, 3.63) is 18.2 Å². The van der Waals surface area contributed by atoms with Crippen molar-refractivity contribution in [2.75, 3.05) is 0 Å². The summed E-state index contributed by atoms with van der Waals surface area (Å²) >= 11 is 0. The molecule has 0 aliphatic carbocycles. The van der Waals surface area contributed by atoms with Gasteiger partial charge in [0.15, 0.2) is 0 Å². The lowest BCUT2D eigenvalue weighted by Crippen LogP contribution is -2.20. The van der Waals surface area contributed by atoms with E-state index in [2.05, 4.69) is 4.98 Å². The van der Waals surface area contributed by atoms with Crippen molar-refractivity contribution in [2.45, 2.75) is 38.1 Å². The average Bonchev–Trinajstić information content (AvgIpc) is 2.73. The fourth-order valence-corrected chi connectivity index (χ4v) is 1.91. The number of hydrogen-bond acceptors (Lipinski definition) is 3. The maximum Gasteiger partial charge on any atom is 0.122 e. The van der Waals surface area contributed by atoms with Crippen LogP contribution >= 0.6 is 0 Å². The summed E-state index contributed by atoms with van der Waals surface area (Å²) in [6.45, 7) is 2.04. The molecular weight excluding hydrogens is 180 g/mol. The van der Waals surface area contributed by atoms with Crippen molar-refractivity contribution in [3.8, 4) is 0 Å². The van der Waals surface area contributed by atoms with Gasteiger partial charge in [0.1, 0.15) is 6.10 Å². The Morgan fingerprint density at radius 1 is 1.64 bits per heavy atom. The Morgan fingerprint density at radius 2 is 2.43 bits per heavy atom. The lowest BCUT2D eigenvalue weighted by Gasteiger charge is -2.18. The van der Waals surface area contributed by atoms with Crippen LogP contribution in [0.15, 0.2) is 12.5 Å². The molecule has 3 atom stereocenters. The van der Waals surface area contributed by atoms with Crippen molar-refractivity contribution < 1.29 is 9.84 Å². The van der Waals surface area contributed by atoms with Gasteiger partial charge in [0.2, 0.25) is 0 Å². The molecule has 1 fully saturated rings. The number of imidazole rings is 1. The molecule has 14 heavy (non-hydrogen) atoms. The van der Waals surface area contributed by atoms with Gasteiger partial charge < -0.3 is 14.4 Å². The van der Waals surface area contributed by atoms with E-state index >= 15 is 0 Å². The minimum atomic E-state index is -0.549. The summed E-state index contributed by atoms with van der Waals surface area (Å²) in [5.41, 5.74) is 0.823. The molecule has 0 spiro atoms. The fraction of sp³-hybridized carbons (Fsp3) is 0.700. The van der Waals surface area contributed by atoms with Gasteiger partial charge in [-0.05, 0) is 19.8 Å². The summed E-state index contributed by atoms with van der Waals surface area (Å²) in [6.07, 6.45) is 4.98. The first-order valence-corrected chi connectivity index (χ1v) is 4.98. The van der Waals surface area contributed by atoms with Crippen LogP contribution < -0.4 is 0 Å². The first-order chi connectivity index (χ1) is 6.68. The zero-order chi connectivity index (χ0) is 10.1. The first kappa shape index (κ1) is 9.68. The highest BCUT2D eigenvalue weighted by Gasteiger charge is 2.30. The van der Waals surface area contributed by atoms with Gasteiger partial charge in [-0.25, -0.2) is 4.98 Å². The summed E-state index contributed by atoms with van der Waals surface area (Å²) in [5.74, 6) is 0. The van der Waals surface area contributed by atoms with Crippen LogP contribution in [0, 0.1) is 0 Å². The lowest BCUT2D eigenvalue weighted by molar-refractivity contribution is -0.0325. The summed E-state index contributed by atoms with van der Waals surface area (Å²) < 4.78 is 7.44. The minimum Gasteiger partial charge on any atom is -0.384 e. The van der Waals surface area contributed by atoms with Crippen LogP contribution in [0.4, 0.5) is 0 Å². The van der Waals surface area contributed by atoms with Crippen molar-refractivity contribution in [3.63, 3.8) is 0 Å². The van der Waals surface area contributed by atoms with Crippen molar-refractivity contribution in [1.82, 2.24) is 9.55 Å². The zero-order valence-corrected chi connectivity index (χ0v) is 8.55. The molecule has 0 aromatic carbocycles. The quantitative estimate of drug-likeness (QED) is 0.768. The molecule has 78 valence electrons. The van der Waals surface area contributed by atoms with Crippen LogP contribution in [-0.2, 0) is 11.8 Å². The number of rotatable bonds is 2. The van der Waals surface area contributed by atoms with E-state index in [-0.39, 0.29) is 12.2 Å². The summed E-state index contributed by atoms with van der Waals surface area (Å²) in [7, 11) is 1.88. The van der Waals surface area contributed by atoms with Gasteiger partial charge in [-0.3, -0.25) is 0 Å². The normalized spacial score (nSPS) is 29.4. The highest BCUT2D eigenvalue weighted by molar-refractivity contribution is 5.05. The van der Waals surface area contributed by atoms with E-state index in [0.717, 1.165) is 18.5 Å². The van der Waals surface area contributed by atoms with E-state index in [1.807, 2.05) is 18.5 Å². The van der Waals surface area contributed by atoms with Crippen molar-refractivity contribution in [1.29, 1.82) is 0 Å².